The third kappa shape index (κ3) is 3.76. The fourth-order valence-corrected chi connectivity index (χ4v) is 3.29. The van der Waals surface area contributed by atoms with E-state index in [1.807, 2.05) is 24.3 Å². The van der Waals surface area contributed by atoms with Crippen molar-refractivity contribution in [2.24, 2.45) is 0 Å². The van der Waals surface area contributed by atoms with Gasteiger partial charge in [-0.2, -0.15) is 0 Å². The third-order valence-electron chi connectivity index (χ3n) is 4.15. The van der Waals surface area contributed by atoms with E-state index in [1.54, 1.807) is 0 Å². The molecule has 0 radical (unpaired) electrons. The van der Waals surface area contributed by atoms with Crippen molar-refractivity contribution < 1.29 is 14.3 Å². The van der Waals surface area contributed by atoms with E-state index in [2.05, 4.69) is 5.32 Å². The maximum Gasteiger partial charge on any atom is 0.224 e. The fourth-order valence-electron chi connectivity index (χ4n) is 3.09. The summed E-state index contributed by atoms with van der Waals surface area (Å²) in [5, 5.41) is 3.73. The summed E-state index contributed by atoms with van der Waals surface area (Å²) in [6, 6.07) is 7.63. The summed E-state index contributed by atoms with van der Waals surface area (Å²) in [6.07, 6.45) is 3.37. The van der Waals surface area contributed by atoms with Crippen LogP contribution in [0.5, 0.6) is 0 Å². The average Bonchev–Trinajstić information content (AvgIpc) is 2.49. The van der Waals surface area contributed by atoms with E-state index < -0.39 is 0 Å². The van der Waals surface area contributed by atoms with E-state index in [1.165, 1.54) is 0 Å². The number of rotatable bonds is 3. The third-order valence-corrected chi connectivity index (χ3v) is 4.52. The Kier molecular flexibility index (Phi) is 4.78. The molecule has 1 heterocycles. The molecule has 21 heavy (non-hydrogen) atoms. The smallest absolute Gasteiger partial charge is 0.224 e. The molecule has 0 aromatic heterocycles. The Morgan fingerprint density at radius 1 is 1.19 bits per heavy atom. The first-order valence-corrected chi connectivity index (χ1v) is 7.86. The average molecular weight is 310 g/mol. The highest BCUT2D eigenvalue weighted by molar-refractivity contribution is 6.31. The molecule has 2 fully saturated rings. The quantitative estimate of drug-likeness (QED) is 0.932. The Morgan fingerprint density at radius 3 is 2.76 bits per heavy atom. The molecule has 0 spiro atoms. The predicted molar refractivity (Wildman–Crippen MR) is 80.4 cm³/mol. The normalized spacial score (nSPS) is 28.7. The second-order valence-corrected chi connectivity index (χ2v) is 6.07. The molecule has 1 aromatic rings. The van der Waals surface area contributed by atoms with Gasteiger partial charge in [0, 0.05) is 11.1 Å². The molecule has 3 unspecified atom stereocenters. The Hall–Kier alpha value is -1.10. The minimum Gasteiger partial charge on any atom is -0.373 e. The highest BCUT2D eigenvalue weighted by atomic mass is 35.5. The van der Waals surface area contributed by atoms with Gasteiger partial charge in [0.2, 0.25) is 5.91 Å². The Labute approximate surface area is 129 Å². The lowest BCUT2D eigenvalue weighted by Crippen LogP contribution is -2.49. The second kappa shape index (κ2) is 6.77. The molecule has 4 nitrogen and oxygen atoms in total. The van der Waals surface area contributed by atoms with Gasteiger partial charge in [0.15, 0.2) is 0 Å². The van der Waals surface area contributed by atoms with Crippen LogP contribution in [0.2, 0.25) is 5.02 Å². The van der Waals surface area contributed by atoms with Crippen LogP contribution in [0.4, 0.5) is 0 Å². The first kappa shape index (κ1) is 14.8. The molecule has 1 aliphatic heterocycles. The number of amides is 1. The first-order chi connectivity index (χ1) is 10.2. The van der Waals surface area contributed by atoms with Gasteiger partial charge >= 0.3 is 0 Å². The summed E-state index contributed by atoms with van der Waals surface area (Å²) in [7, 11) is 0. The molecule has 5 heteroatoms. The van der Waals surface area contributed by atoms with Crippen molar-refractivity contribution in [3.05, 3.63) is 34.9 Å². The minimum absolute atomic E-state index is 0.0169. The van der Waals surface area contributed by atoms with Gasteiger partial charge in [0.05, 0.1) is 31.8 Å². The van der Waals surface area contributed by atoms with Crippen LogP contribution in [0.25, 0.3) is 0 Å². The molecule has 114 valence electrons. The summed E-state index contributed by atoms with van der Waals surface area (Å²) >= 11 is 6.09. The Bertz CT molecular complexity index is 508. The number of nitrogens with one attached hydrogen (secondary N) is 1. The van der Waals surface area contributed by atoms with Crippen molar-refractivity contribution in [1.82, 2.24) is 5.32 Å². The van der Waals surface area contributed by atoms with Crippen molar-refractivity contribution >= 4 is 17.5 Å². The molecule has 1 aromatic carbocycles. The Morgan fingerprint density at radius 2 is 1.95 bits per heavy atom. The van der Waals surface area contributed by atoms with Gasteiger partial charge in [-0.1, -0.05) is 29.8 Å². The number of fused-ring (bicyclic) bond motifs is 1. The first-order valence-electron chi connectivity index (χ1n) is 7.48. The number of halogens is 1. The molecule has 1 amide bonds. The number of hydrogen-bond donors (Lipinski definition) is 1. The molecule has 2 aliphatic rings. The molecule has 3 atom stereocenters. The van der Waals surface area contributed by atoms with Crippen LogP contribution >= 0.6 is 11.6 Å². The zero-order chi connectivity index (χ0) is 14.7. The highest BCUT2D eigenvalue weighted by Crippen LogP contribution is 2.27. The molecule has 3 rings (SSSR count). The summed E-state index contributed by atoms with van der Waals surface area (Å²) < 4.78 is 11.4. The van der Waals surface area contributed by atoms with E-state index >= 15 is 0 Å². The van der Waals surface area contributed by atoms with E-state index in [-0.39, 0.29) is 24.2 Å². The number of benzene rings is 1. The van der Waals surface area contributed by atoms with E-state index in [9.17, 15) is 4.79 Å². The molecule has 0 bridgehead atoms. The van der Waals surface area contributed by atoms with Gasteiger partial charge < -0.3 is 14.8 Å². The summed E-state index contributed by atoms with van der Waals surface area (Å²) in [6.45, 7) is 1.34. The van der Waals surface area contributed by atoms with E-state index in [0.717, 1.165) is 24.8 Å². The van der Waals surface area contributed by atoms with Gasteiger partial charge in [0.25, 0.3) is 0 Å². The lowest BCUT2D eigenvalue weighted by atomic mass is 9.89. The summed E-state index contributed by atoms with van der Waals surface area (Å²) in [5.41, 5.74) is 0.864. The van der Waals surface area contributed by atoms with Crippen molar-refractivity contribution in [3.63, 3.8) is 0 Å². The van der Waals surface area contributed by atoms with Crippen LogP contribution in [0, 0.1) is 0 Å². The van der Waals surface area contributed by atoms with Crippen molar-refractivity contribution in [1.29, 1.82) is 0 Å². The lowest BCUT2D eigenvalue weighted by Gasteiger charge is -2.39. The number of carbonyl (C=O) groups is 1. The molecule has 1 N–H and O–H groups in total. The fraction of sp³-hybridized carbons (Fsp3) is 0.562. The number of ether oxygens (including phenoxy) is 2. The van der Waals surface area contributed by atoms with Crippen LogP contribution in [-0.2, 0) is 20.7 Å². The van der Waals surface area contributed by atoms with Crippen LogP contribution in [0.1, 0.15) is 24.8 Å². The van der Waals surface area contributed by atoms with Crippen LogP contribution in [0.3, 0.4) is 0 Å². The van der Waals surface area contributed by atoms with Gasteiger partial charge in [0.1, 0.15) is 0 Å². The monoisotopic (exact) mass is 309 g/mol. The SMILES string of the molecule is O=C(Cc1ccccc1Cl)NC1CCC2OCCOC2C1. The van der Waals surface area contributed by atoms with Crippen LogP contribution < -0.4 is 5.32 Å². The van der Waals surface area contributed by atoms with Crippen LogP contribution in [-0.4, -0.2) is 37.4 Å². The predicted octanol–water partition coefficient (Wildman–Crippen LogP) is 2.34. The van der Waals surface area contributed by atoms with Crippen LogP contribution in [0.15, 0.2) is 24.3 Å². The second-order valence-electron chi connectivity index (χ2n) is 5.66. The van der Waals surface area contributed by atoms with Gasteiger partial charge in [-0.3, -0.25) is 4.79 Å². The van der Waals surface area contributed by atoms with E-state index in [4.69, 9.17) is 21.1 Å². The van der Waals surface area contributed by atoms with Crippen molar-refractivity contribution in [3.8, 4) is 0 Å². The number of carbonyl (C=O) groups excluding carboxylic acids is 1. The Balaban J connectivity index is 1.52. The van der Waals surface area contributed by atoms with Crippen molar-refractivity contribution in [2.75, 3.05) is 13.2 Å². The van der Waals surface area contributed by atoms with Gasteiger partial charge in [-0.25, -0.2) is 0 Å². The van der Waals surface area contributed by atoms with Gasteiger partial charge in [-0.05, 0) is 30.9 Å². The summed E-state index contributed by atoms with van der Waals surface area (Å²) in [5.74, 6) is 0.0169. The summed E-state index contributed by atoms with van der Waals surface area (Å²) in [4.78, 5) is 12.2. The topological polar surface area (TPSA) is 47.6 Å². The number of hydrogen-bond acceptors (Lipinski definition) is 3. The molecular formula is C16H20ClNO3. The molecule has 1 aliphatic carbocycles. The molecular weight excluding hydrogens is 290 g/mol. The molecule has 1 saturated heterocycles. The van der Waals surface area contributed by atoms with E-state index in [0.29, 0.717) is 24.7 Å². The largest absolute Gasteiger partial charge is 0.373 e. The van der Waals surface area contributed by atoms with Crippen molar-refractivity contribution in [2.45, 2.75) is 43.9 Å². The zero-order valence-corrected chi connectivity index (χ0v) is 12.6. The minimum atomic E-state index is 0.0169. The molecule has 1 saturated carbocycles. The lowest BCUT2D eigenvalue weighted by molar-refractivity contribution is -0.158. The van der Waals surface area contributed by atoms with Gasteiger partial charge in [-0.15, -0.1) is 0 Å². The highest BCUT2D eigenvalue weighted by Gasteiger charge is 2.34. The maximum atomic E-state index is 12.2. The zero-order valence-electron chi connectivity index (χ0n) is 11.9. The standard InChI is InChI=1S/C16H20ClNO3/c17-13-4-2-1-3-11(13)9-16(19)18-12-5-6-14-15(10-12)21-8-7-20-14/h1-4,12,14-15H,5-10H2,(H,18,19). The maximum absolute atomic E-state index is 12.2.